The van der Waals surface area contributed by atoms with Gasteiger partial charge in [0.05, 0.1) is 6.61 Å². The first-order chi connectivity index (χ1) is 12.8. The van der Waals surface area contributed by atoms with Gasteiger partial charge in [-0.05, 0) is 56.8 Å². The van der Waals surface area contributed by atoms with Crippen LogP contribution in [0.15, 0.2) is 42.7 Å². The summed E-state index contributed by atoms with van der Waals surface area (Å²) in [6.07, 6.45) is 7.62. The van der Waals surface area contributed by atoms with E-state index in [1.165, 1.54) is 12.8 Å². The molecule has 146 valence electrons. The van der Waals surface area contributed by atoms with E-state index in [1.807, 2.05) is 41.2 Å². The fourth-order valence-corrected chi connectivity index (χ4v) is 3.55. The monoisotopic (exact) mass is 390 g/mol. The quantitative estimate of drug-likeness (QED) is 0.762. The average molecular weight is 391 g/mol. The van der Waals surface area contributed by atoms with E-state index in [9.17, 15) is 4.79 Å². The number of carbonyl (C=O) groups is 1. The van der Waals surface area contributed by atoms with Crippen LogP contribution in [0.25, 0.3) is 0 Å². The van der Waals surface area contributed by atoms with Crippen LogP contribution in [0.1, 0.15) is 31.2 Å². The summed E-state index contributed by atoms with van der Waals surface area (Å²) in [5.41, 5.74) is 0.407. The van der Waals surface area contributed by atoms with Crippen molar-refractivity contribution in [2.45, 2.75) is 37.8 Å². The SMILES string of the molecule is Cl.O=C(NCc1ccccc1OCC1CC1)C1(n2cccn2)CCNCC1. The Hall–Kier alpha value is -2.05. The number of nitrogens with one attached hydrogen (secondary N) is 2. The Balaban J connectivity index is 0.00000210. The molecule has 6 nitrogen and oxygen atoms in total. The summed E-state index contributed by atoms with van der Waals surface area (Å²) in [5.74, 6) is 1.60. The molecule has 1 amide bonds. The van der Waals surface area contributed by atoms with E-state index < -0.39 is 5.54 Å². The third-order valence-corrected chi connectivity index (χ3v) is 5.38. The van der Waals surface area contributed by atoms with Crippen LogP contribution in [-0.2, 0) is 16.9 Å². The van der Waals surface area contributed by atoms with Crippen molar-refractivity contribution in [1.82, 2.24) is 20.4 Å². The van der Waals surface area contributed by atoms with Gasteiger partial charge in [0, 0.05) is 24.5 Å². The van der Waals surface area contributed by atoms with E-state index in [2.05, 4.69) is 15.7 Å². The number of rotatable bonds is 7. The maximum Gasteiger partial charge on any atom is 0.248 e. The van der Waals surface area contributed by atoms with Gasteiger partial charge < -0.3 is 15.4 Å². The van der Waals surface area contributed by atoms with Crippen LogP contribution in [0.3, 0.4) is 0 Å². The summed E-state index contributed by atoms with van der Waals surface area (Å²) in [4.78, 5) is 13.1. The van der Waals surface area contributed by atoms with Crippen LogP contribution in [0, 0.1) is 5.92 Å². The zero-order valence-corrected chi connectivity index (χ0v) is 16.2. The van der Waals surface area contributed by atoms with Gasteiger partial charge in [-0.1, -0.05) is 18.2 Å². The molecule has 0 bridgehead atoms. The number of hydrogen-bond acceptors (Lipinski definition) is 4. The number of aromatic nitrogens is 2. The first kappa shape index (κ1) is 19.7. The smallest absolute Gasteiger partial charge is 0.248 e. The molecule has 4 rings (SSSR count). The third kappa shape index (κ3) is 4.45. The van der Waals surface area contributed by atoms with Gasteiger partial charge in [-0.3, -0.25) is 9.48 Å². The number of amides is 1. The minimum absolute atomic E-state index is 0. The molecule has 1 aromatic carbocycles. The lowest BCUT2D eigenvalue weighted by molar-refractivity contribution is -0.132. The second kappa shape index (κ2) is 8.76. The van der Waals surface area contributed by atoms with Crippen LogP contribution < -0.4 is 15.4 Å². The summed E-state index contributed by atoms with van der Waals surface area (Å²) in [6, 6.07) is 9.84. The Morgan fingerprint density at radius 1 is 1.26 bits per heavy atom. The van der Waals surface area contributed by atoms with E-state index in [4.69, 9.17) is 4.74 Å². The van der Waals surface area contributed by atoms with Gasteiger partial charge in [0.1, 0.15) is 11.3 Å². The highest BCUT2D eigenvalue weighted by molar-refractivity contribution is 5.85. The molecule has 2 fully saturated rings. The molecule has 0 radical (unpaired) electrons. The van der Waals surface area contributed by atoms with Crippen LogP contribution in [-0.4, -0.2) is 35.4 Å². The zero-order chi connectivity index (χ0) is 17.8. The largest absolute Gasteiger partial charge is 0.493 e. The van der Waals surface area contributed by atoms with Crippen LogP contribution >= 0.6 is 12.4 Å². The van der Waals surface area contributed by atoms with Crippen LogP contribution in [0.2, 0.25) is 0 Å². The topological polar surface area (TPSA) is 68.2 Å². The molecule has 1 saturated heterocycles. The third-order valence-electron chi connectivity index (χ3n) is 5.38. The molecule has 2 aromatic rings. The molecule has 2 heterocycles. The van der Waals surface area contributed by atoms with E-state index in [1.54, 1.807) is 6.20 Å². The molecule has 1 saturated carbocycles. The van der Waals surface area contributed by atoms with E-state index >= 15 is 0 Å². The van der Waals surface area contributed by atoms with E-state index in [0.717, 1.165) is 43.9 Å². The lowest BCUT2D eigenvalue weighted by atomic mass is 9.87. The molecule has 1 aliphatic heterocycles. The molecular formula is C20H27ClN4O2. The number of carbonyl (C=O) groups excluding carboxylic acids is 1. The number of halogens is 1. The summed E-state index contributed by atoms with van der Waals surface area (Å²) in [6.45, 7) is 2.87. The number of para-hydroxylation sites is 1. The van der Waals surface area contributed by atoms with Crippen LogP contribution in [0.5, 0.6) is 5.75 Å². The number of hydrogen-bond donors (Lipinski definition) is 2. The normalized spacial score (nSPS) is 18.4. The van der Waals surface area contributed by atoms with E-state index in [0.29, 0.717) is 12.5 Å². The first-order valence-corrected chi connectivity index (χ1v) is 9.48. The van der Waals surface area contributed by atoms with Crippen molar-refractivity contribution in [3.63, 3.8) is 0 Å². The Morgan fingerprint density at radius 3 is 2.74 bits per heavy atom. The van der Waals surface area contributed by atoms with Crippen molar-refractivity contribution in [2.24, 2.45) is 5.92 Å². The standard InChI is InChI=1S/C20H26N4O2.ClH/c25-19(20(8-11-21-12-9-20)24-13-3-10-23-24)22-14-17-4-1-2-5-18(17)26-15-16-6-7-16;/h1-5,10,13,16,21H,6-9,11-12,14-15H2,(H,22,25);1H. The van der Waals surface area contributed by atoms with Crippen LogP contribution in [0.4, 0.5) is 0 Å². The highest BCUT2D eigenvalue weighted by Gasteiger charge is 2.41. The van der Waals surface area contributed by atoms with Gasteiger partial charge in [-0.15, -0.1) is 12.4 Å². The summed E-state index contributed by atoms with van der Waals surface area (Å²) >= 11 is 0. The maximum absolute atomic E-state index is 13.1. The molecule has 27 heavy (non-hydrogen) atoms. The molecule has 0 atom stereocenters. The number of nitrogens with zero attached hydrogens (tertiary/aromatic N) is 2. The van der Waals surface area contributed by atoms with E-state index in [-0.39, 0.29) is 18.3 Å². The Morgan fingerprint density at radius 2 is 2.04 bits per heavy atom. The Bertz CT molecular complexity index is 740. The molecule has 0 unspecified atom stereocenters. The second-order valence-electron chi connectivity index (χ2n) is 7.28. The number of benzene rings is 1. The Labute approximate surface area is 166 Å². The van der Waals surface area contributed by atoms with Crippen molar-refractivity contribution in [3.8, 4) is 5.75 Å². The lowest BCUT2D eigenvalue weighted by Gasteiger charge is -2.36. The van der Waals surface area contributed by atoms with Crippen molar-refractivity contribution >= 4 is 18.3 Å². The zero-order valence-electron chi connectivity index (χ0n) is 15.4. The maximum atomic E-state index is 13.1. The van der Waals surface area contributed by atoms with Gasteiger partial charge in [0.25, 0.3) is 0 Å². The Kier molecular flexibility index (Phi) is 6.39. The van der Waals surface area contributed by atoms with Crippen molar-refractivity contribution in [2.75, 3.05) is 19.7 Å². The summed E-state index contributed by atoms with van der Waals surface area (Å²) < 4.78 is 7.78. The van der Waals surface area contributed by atoms with Gasteiger partial charge >= 0.3 is 0 Å². The highest BCUT2D eigenvalue weighted by atomic mass is 35.5. The molecular weight excluding hydrogens is 364 g/mol. The molecule has 0 spiro atoms. The van der Waals surface area contributed by atoms with Gasteiger partial charge in [-0.25, -0.2) is 0 Å². The first-order valence-electron chi connectivity index (χ1n) is 9.48. The number of ether oxygens (including phenoxy) is 1. The van der Waals surface area contributed by atoms with Gasteiger partial charge in [-0.2, -0.15) is 5.10 Å². The van der Waals surface area contributed by atoms with Gasteiger partial charge in [0.15, 0.2) is 0 Å². The highest BCUT2D eigenvalue weighted by Crippen LogP contribution is 2.31. The summed E-state index contributed by atoms with van der Waals surface area (Å²) in [7, 11) is 0. The molecule has 2 aliphatic rings. The molecule has 7 heteroatoms. The predicted molar refractivity (Wildman–Crippen MR) is 106 cm³/mol. The number of piperidine rings is 1. The molecule has 2 N–H and O–H groups in total. The van der Waals surface area contributed by atoms with Gasteiger partial charge in [0.2, 0.25) is 5.91 Å². The predicted octanol–water partition coefficient (Wildman–Crippen LogP) is 2.49. The second-order valence-corrected chi connectivity index (χ2v) is 7.28. The minimum atomic E-state index is -0.613. The van der Waals surface area contributed by atoms with Crippen molar-refractivity contribution < 1.29 is 9.53 Å². The minimum Gasteiger partial charge on any atom is -0.493 e. The fourth-order valence-electron chi connectivity index (χ4n) is 3.55. The van der Waals surface area contributed by atoms with Crippen molar-refractivity contribution in [1.29, 1.82) is 0 Å². The molecule has 1 aromatic heterocycles. The van der Waals surface area contributed by atoms with Crippen molar-refractivity contribution in [3.05, 3.63) is 48.3 Å². The lowest BCUT2D eigenvalue weighted by Crippen LogP contribution is -2.54. The summed E-state index contributed by atoms with van der Waals surface area (Å²) in [5, 5.41) is 10.8. The average Bonchev–Trinajstić information content (AvgIpc) is 3.35. The fraction of sp³-hybridized carbons (Fsp3) is 0.500. The molecule has 1 aliphatic carbocycles.